The van der Waals surface area contributed by atoms with Gasteiger partial charge < -0.3 is 19.1 Å². The van der Waals surface area contributed by atoms with Crippen molar-refractivity contribution < 1.29 is 9.13 Å². The molecule has 10 heteroatoms. The summed E-state index contributed by atoms with van der Waals surface area (Å²) in [7, 11) is 5.61. The van der Waals surface area contributed by atoms with E-state index in [4.69, 9.17) is 4.74 Å². The summed E-state index contributed by atoms with van der Waals surface area (Å²) in [6.07, 6.45) is 2.90. The van der Waals surface area contributed by atoms with Gasteiger partial charge in [0.25, 0.3) is 5.56 Å². The number of aromatic amines is 1. The molecule has 2 aromatic heterocycles. The van der Waals surface area contributed by atoms with Gasteiger partial charge >= 0.3 is 0 Å². The molecule has 2 fully saturated rings. The molecule has 0 bridgehead atoms. The average Bonchev–Trinajstić information content (AvgIpc) is 3.32. The molecular formula is C21H26ClFN4O3S. The lowest BCUT2D eigenvalue weighted by atomic mass is 10.1. The van der Waals surface area contributed by atoms with Crippen LogP contribution in [0.2, 0.25) is 0 Å². The van der Waals surface area contributed by atoms with Crippen molar-refractivity contribution >= 4 is 50.7 Å². The number of nitrogens with zero attached hydrogens (tertiary/aromatic N) is 3. The molecule has 3 aromatic rings. The van der Waals surface area contributed by atoms with Crippen LogP contribution < -0.4 is 20.6 Å². The number of anilines is 1. The molecule has 1 N–H and O–H groups in total. The zero-order valence-corrected chi connectivity index (χ0v) is 19.4. The number of H-pyrrole nitrogens is 1. The summed E-state index contributed by atoms with van der Waals surface area (Å²) in [5, 5.41) is 0.321. The van der Waals surface area contributed by atoms with Gasteiger partial charge in [0.15, 0.2) is 11.6 Å². The van der Waals surface area contributed by atoms with Crippen molar-refractivity contribution in [3.63, 3.8) is 0 Å². The molecule has 1 saturated carbocycles. The molecule has 5 rings (SSSR count). The van der Waals surface area contributed by atoms with E-state index in [9.17, 15) is 9.59 Å². The molecule has 0 unspecified atom stereocenters. The van der Waals surface area contributed by atoms with Crippen LogP contribution in [0.1, 0.15) is 25.3 Å². The monoisotopic (exact) mass is 468 g/mol. The van der Waals surface area contributed by atoms with E-state index in [1.54, 1.807) is 0 Å². The van der Waals surface area contributed by atoms with Gasteiger partial charge in [-0.05, 0) is 56.9 Å². The highest BCUT2D eigenvalue weighted by Crippen LogP contribution is 2.46. The van der Waals surface area contributed by atoms with Gasteiger partial charge in [-0.2, -0.15) is 0 Å². The maximum absolute atomic E-state index is 15.4. The Bertz CT molecular complexity index is 1260. The molecule has 7 nitrogen and oxygen atoms in total. The van der Waals surface area contributed by atoms with Crippen molar-refractivity contribution in [1.82, 2.24) is 13.8 Å². The maximum Gasteiger partial charge on any atom is 0.271 e. The number of aromatic nitrogens is 2. The van der Waals surface area contributed by atoms with Gasteiger partial charge in [0.05, 0.1) is 18.0 Å². The van der Waals surface area contributed by atoms with E-state index in [-0.39, 0.29) is 29.2 Å². The summed E-state index contributed by atoms with van der Waals surface area (Å²) in [6.45, 7) is 2.42. The molecule has 2 aliphatic rings. The summed E-state index contributed by atoms with van der Waals surface area (Å²) >= 11 is 1.16. The molecule has 1 atom stereocenters. The minimum Gasteiger partial charge on any atom is -0.492 e. The smallest absolute Gasteiger partial charge is 0.271 e. The first-order chi connectivity index (χ1) is 14.4. The third-order valence-electron chi connectivity index (χ3n) is 6.14. The Morgan fingerprint density at radius 3 is 2.68 bits per heavy atom. The fourth-order valence-electron chi connectivity index (χ4n) is 4.79. The molecule has 3 heterocycles. The first-order valence-electron chi connectivity index (χ1n) is 10.3. The van der Waals surface area contributed by atoms with Crippen LogP contribution in [0.5, 0.6) is 5.75 Å². The number of hydrogen-bond donors (Lipinski definition) is 1. The van der Waals surface area contributed by atoms with Crippen molar-refractivity contribution in [1.29, 1.82) is 0 Å². The molecule has 0 amide bonds. The molecule has 1 aliphatic heterocycles. The normalized spacial score (nSPS) is 18.9. The SMILES string of the molecule is COc1c(N2CC[C@@H](CN(C)C)C2)c(F)cc2c(=O)c3c(=O)[nH]sc3n(C3CC3)c12.Cl. The zero-order valence-electron chi connectivity index (χ0n) is 17.7. The van der Waals surface area contributed by atoms with Crippen LogP contribution in [0.15, 0.2) is 15.7 Å². The second kappa shape index (κ2) is 8.11. The van der Waals surface area contributed by atoms with Crippen LogP contribution in [-0.2, 0) is 0 Å². The second-order valence-corrected chi connectivity index (χ2v) is 9.44. The van der Waals surface area contributed by atoms with Gasteiger partial charge in [0.1, 0.15) is 15.9 Å². The molecule has 1 aliphatic carbocycles. The van der Waals surface area contributed by atoms with Crippen molar-refractivity contribution in [2.24, 2.45) is 5.92 Å². The van der Waals surface area contributed by atoms with Gasteiger partial charge in [-0.25, -0.2) is 4.39 Å². The number of ether oxygens (including phenoxy) is 1. The van der Waals surface area contributed by atoms with Crippen LogP contribution in [-0.4, -0.2) is 54.7 Å². The maximum atomic E-state index is 15.4. The van der Waals surface area contributed by atoms with Crippen LogP contribution in [0.3, 0.4) is 0 Å². The predicted octanol–water partition coefficient (Wildman–Crippen LogP) is 3.20. The molecule has 1 aromatic carbocycles. The molecular weight excluding hydrogens is 443 g/mol. The predicted molar refractivity (Wildman–Crippen MR) is 125 cm³/mol. The Labute approximate surface area is 189 Å². The lowest BCUT2D eigenvalue weighted by molar-refractivity contribution is 0.340. The first-order valence-corrected chi connectivity index (χ1v) is 11.1. The number of pyridine rings is 1. The Morgan fingerprint density at radius 1 is 1.29 bits per heavy atom. The van der Waals surface area contributed by atoms with E-state index in [0.29, 0.717) is 27.7 Å². The van der Waals surface area contributed by atoms with Gasteiger partial charge in [-0.1, -0.05) is 0 Å². The Morgan fingerprint density at radius 2 is 2.03 bits per heavy atom. The third kappa shape index (κ3) is 3.52. The minimum atomic E-state index is -0.477. The van der Waals surface area contributed by atoms with Crippen LogP contribution >= 0.6 is 23.9 Å². The van der Waals surface area contributed by atoms with E-state index in [0.717, 1.165) is 50.4 Å². The highest BCUT2D eigenvalue weighted by molar-refractivity contribution is 7.12. The van der Waals surface area contributed by atoms with Gasteiger partial charge in [-0.3, -0.25) is 14.0 Å². The highest BCUT2D eigenvalue weighted by atomic mass is 35.5. The molecule has 168 valence electrons. The lowest BCUT2D eigenvalue weighted by Gasteiger charge is -2.25. The lowest BCUT2D eigenvalue weighted by Crippen LogP contribution is -2.27. The number of rotatable bonds is 5. The number of methoxy groups -OCH3 is 1. The van der Waals surface area contributed by atoms with Crippen LogP contribution in [0.4, 0.5) is 10.1 Å². The van der Waals surface area contributed by atoms with Crippen LogP contribution in [0.25, 0.3) is 21.1 Å². The zero-order chi connectivity index (χ0) is 21.2. The standard InChI is InChI=1S/C21H25FN4O3S.ClH/c1-24(2)9-11-6-7-25(10-11)17-14(22)8-13-16(19(17)29-3)26(12-4-5-12)21-15(18(13)27)20(28)23-30-21;/h8,11-12H,4-7,9-10H2,1-3H3,(H,23,28);1H/t11-;/m0./s1. The van der Waals surface area contributed by atoms with Crippen molar-refractivity contribution in [2.45, 2.75) is 25.3 Å². The van der Waals surface area contributed by atoms with Gasteiger partial charge in [0.2, 0.25) is 5.43 Å². The fraction of sp³-hybridized carbons (Fsp3) is 0.524. The summed E-state index contributed by atoms with van der Waals surface area (Å²) < 4.78 is 25.9. The summed E-state index contributed by atoms with van der Waals surface area (Å²) in [4.78, 5) is 30.2. The number of hydrogen-bond acceptors (Lipinski definition) is 6. The third-order valence-corrected chi connectivity index (χ3v) is 7.02. The Hall–Kier alpha value is -2.10. The van der Waals surface area contributed by atoms with E-state index in [2.05, 4.69) is 9.27 Å². The van der Waals surface area contributed by atoms with E-state index in [1.165, 1.54) is 13.2 Å². The van der Waals surface area contributed by atoms with E-state index in [1.807, 2.05) is 23.6 Å². The number of benzene rings is 1. The summed E-state index contributed by atoms with van der Waals surface area (Å²) in [5.74, 6) is 0.361. The molecule has 31 heavy (non-hydrogen) atoms. The minimum absolute atomic E-state index is 0. The summed E-state index contributed by atoms with van der Waals surface area (Å²) in [5.41, 5.74) is 0.170. The van der Waals surface area contributed by atoms with Crippen LogP contribution in [0, 0.1) is 11.7 Å². The largest absolute Gasteiger partial charge is 0.492 e. The molecule has 0 spiro atoms. The van der Waals surface area contributed by atoms with Crippen molar-refractivity contribution in [2.75, 3.05) is 45.7 Å². The number of fused-ring (bicyclic) bond motifs is 2. The Balaban J connectivity index is 0.00000231. The topological polar surface area (TPSA) is 70.6 Å². The summed E-state index contributed by atoms with van der Waals surface area (Å²) in [6, 6.07) is 1.49. The van der Waals surface area contributed by atoms with E-state index >= 15 is 4.39 Å². The highest BCUT2D eigenvalue weighted by Gasteiger charge is 2.34. The van der Waals surface area contributed by atoms with Crippen molar-refractivity contribution in [3.8, 4) is 5.75 Å². The fourth-order valence-corrected chi connectivity index (χ4v) is 5.71. The molecule has 1 saturated heterocycles. The van der Waals surface area contributed by atoms with Gasteiger partial charge in [0, 0.05) is 25.7 Å². The average molecular weight is 469 g/mol. The Kier molecular flexibility index (Phi) is 5.78. The van der Waals surface area contributed by atoms with E-state index < -0.39 is 16.8 Å². The number of nitrogens with one attached hydrogen (secondary N) is 1. The first kappa shape index (κ1) is 22.1. The van der Waals surface area contributed by atoms with Crippen molar-refractivity contribution in [3.05, 3.63) is 32.5 Å². The van der Waals surface area contributed by atoms with Gasteiger partial charge in [-0.15, -0.1) is 12.4 Å². The molecule has 0 radical (unpaired) electrons. The quantitative estimate of drug-likeness (QED) is 0.622. The number of halogens is 2. The second-order valence-electron chi connectivity index (χ2n) is 8.64.